The molecule has 19 heavy (non-hydrogen) atoms. The van der Waals surface area contributed by atoms with Gasteiger partial charge in [0, 0.05) is 13.1 Å². The molecule has 1 saturated heterocycles. The monoisotopic (exact) mass is 276 g/mol. The first kappa shape index (κ1) is 12.3. The van der Waals surface area contributed by atoms with E-state index in [1.165, 1.54) is 11.3 Å². The van der Waals surface area contributed by atoms with Gasteiger partial charge in [-0.1, -0.05) is 0 Å². The van der Waals surface area contributed by atoms with E-state index in [0.717, 1.165) is 36.4 Å². The zero-order valence-corrected chi connectivity index (χ0v) is 11.6. The highest BCUT2D eigenvalue weighted by Gasteiger charge is 2.27. The van der Waals surface area contributed by atoms with Crippen LogP contribution in [0.25, 0.3) is 0 Å². The number of nitrogens with zero attached hydrogens (tertiary/aromatic N) is 4. The zero-order valence-electron chi connectivity index (χ0n) is 10.8. The molecule has 1 amide bonds. The molecule has 1 aliphatic rings. The van der Waals surface area contributed by atoms with Gasteiger partial charge in [0.05, 0.1) is 10.9 Å². The SMILES string of the molecule is Cc1ccsc1C(=O)N1CCC[C@H](n2cncn2)C1. The van der Waals surface area contributed by atoms with Gasteiger partial charge in [-0.15, -0.1) is 11.3 Å². The molecule has 0 N–H and O–H groups in total. The molecule has 5 nitrogen and oxygen atoms in total. The fourth-order valence-corrected chi connectivity index (χ4v) is 3.39. The molecule has 0 unspecified atom stereocenters. The summed E-state index contributed by atoms with van der Waals surface area (Å²) >= 11 is 1.52. The second-order valence-electron chi connectivity index (χ2n) is 4.86. The highest BCUT2D eigenvalue weighted by atomic mass is 32.1. The van der Waals surface area contributed by atoms with Gasteiger partial charge in [0.15, 0.2) is 0 Å². The maximum atomic E-state index is 12.5. The molecule has 0 saturated carbocycles. The highest BCUT2D eigenvalue weighted by Crippen LogP contribution is 2.24. The first-order chi connectivity index (χ1) is 9.25. The van der Waals surface area contributed by atoms with Crippen LogP contribution >= 0.6 is 11.3 Å². The molecular weight excluding hydrogens is 260 g/mol. The Bertz CT molecular complexity index is 563. The van der Waals surface area contributed by atoms with Crippen molar-refractivity contribution in [1.82, 2.24) is 19.7 Å². The number of rotatable bonds is 2. The predicted molar refractivity (Wildman–Crippen MR) is 73.3 cm³/mol. The molecule has 6 heteroatoms. The molecule has 0 aliphatic carbocycles. The predicted octanol–water partition coefficient (Wildman–Crippen LogP) is 2.13. The van der Waals surface area contributed by atoms with Crippen molar-refractivity contribution in [3.05, 3.63) is 34.5 Å². The number of carbonyl (C=O) groups is 1. The van der Waals surface area contributed by atoms with E-state index in [1.807, 2.05) is 28.0 Å². The maximum Gasteiger partial charge on any atom is 0.264 e. The molecule has 100 valence electrons. The minimum absolute atomic E-state index is 0.150. The van der Waals surface area contributed by atoms with Crippen molar-refractivity contribution < 1.29 is 4.79 Å². The molecule has 3 heterocycles. The normalized spacial score (nSPS) is 19.6. The van der Waals surface area contributed by atoms with Crippen LogP contribution < -0.4 is 0 Å². The van der Waals surface area contributed by atoms with E-state index in [-0.39, 0.29) is 11.9 Å². The Morgan fingerprint density at radius 2 is 2.42 bits per heavy atom. The number of aryl methyl sites for hydroxylation is 1. The average molecular weight is 276 g/mol. The molecular formula is C13H16N4OS. The van der Waals surface area contributed by atoms with Crippen LogP contribution in [-0.2, 0) is 0 Å². The maximum absolute atomic E-state index is 12.5. The van der Waals surface area contributed by atoms with Crippen LogP contribution in [0.4, 0.5) is 0 Å². The van der Waals surface area contributed by atoms with Gasteiger partial charge >= 0.3 is 0 Å². The molecule has 0 radical (unpaired) electrons. The van der Waals surface area contributed by atoms with Crippen molar-refractivity contribution in [3.63, 3.8) is 0 Å². The van der Waals surface area contributed by atoms with E-state index in [0.29, 0.717) is 0 Å². The summed E-state index contributed by atoms with van der Waals surface area (Å²) in [7, 11) is 0. The molecule has 2 aromatic heterocycles. The summed E-state index contributed by atoms with van der Waals surface area (Å²) in [5, 5.41) is 6.16. The van der Waals surface area contributed by atoms with Crippen molar-refractivity contribution in [2.75, 3.05) is 13.1 Å². The van der Waals surface area contributed by atoms with Crippen molar-refractivity contribution in [2.24, 2.45) is 0 Å². The molecule has 3 rings (SSSR count). The van der Waals surface area contributed by atoms with Crippen molar-refractivity contribution >= 4 is 17.2 Å². The Balaban J connectivity index is 1.75. The summed E-state index contributed by atoms with van der Waals surface area (Å²) < 4.78 is 1.86. The Labute approximate surface area is 115 Å². The molecule has 1 fully saturated rings. The summed E-state index contributed by atoms with van der Waals surface area (Å²) in [5.41, 5.74) is 1.07. The second kappa shape index (κ2) is 5.13. The topological polar surface area (TPSA) is 51.0 Å². The highest BCUT2D eigenvalue weighted by molar-refractivity contribution is 7.12. The molecule has 0 aromatic carbocycles. The average Bonchev–Trinajstić information content (AvgIpc) is 3.09. The number of thiophene rings is 1. The number of piperidine rings is 1. The first-order valence-corrected chi connectivity index (χ1v) is 7.31. The van der Waals surface area contributed by atoms with Crippen LogP contribution in [0.5, 0.6) is 0 Å². The third-order valence-electron chi connectivity index (χ3n) is 3.55. The Morgan fingerprint density at radius 3 is 3.11 bits per heavy atom. The summed E-state index contributed by atoms with van der Waals surface area (Å²) in [6, 6.07) is 2.25. The lowest BCUT2D eigenvalue weighted by atomic mass is 10.1. The summed E-state index contributed by atoms with van der Waals surface area (Å²) in [5.74, 6) is 0.150. The van der Waals surface area contributed by atoms with Crippen molar-refractivity contribution in [3.8, 4) is 0 Å². The third kappa shape index (κ3) is 2.40. The van der Waals surface area contributed by atoms with Crippen molar-refractivity contribution in [1.29, 1.82) is 0 Å². The summed E-state index contributed by atoms with van der Waals surface area (Å²) in [6.07, 6.45) is 5.34. The Hall–Kier alpha value is -1.69. The van der Waals surface area contributed by atoms with Crippen LogP contribution in [0.15, 0.2) is 24.1 Å². The lowest BCUT2D eigenvalue weighted by molar-refractivity contribution is 0.0677. The van der Waals surface area contributed by atoms with Crippen LogP contribution in [0.3, 0.4) is 0 Å². The van der Waals surface area contributed by atoms with E-state index < -0.39 is 0 Å². The van der Waals surface area contributed by atoms with Crippen LogP contribution in [-0.4, -0.2) is 38.7 Å². The number of carbonyl (C=O) groups excluding carboxylic acids is 1. The van der Waals surface area contributed by atoms with Gasteiger partial charge in [-0.3, -0.25) is 4.79 Å². The number of hydrogen-bond donors (Lipinski definition) is 0. The van der Waals surface area contributed by atoms with Gasteiger partial charge in [0.25, 0.3) is 5.91 Å². The summed E-state index contributed by atoms with van der Waals surface area (Å²) in [4.78, 5) is 19.3. The van der Waals surface area contributed by atoms with E-state index in [9.17, 15) is 4.79 Å². The van der Waals surface area contributed by atoms with Gasteiger partial charge < -0.3 is 4.90 Å². The van der Waals surface area contributed by atoms with E-state index in [4.69, 9.17) is 0 Å². The molecule has 0 bridgehead atoms. The minimum atomic E-state index is 0.150. The third-order valence-corrected chi connectivity index (χ3v) is 4.56. The zero-order chi connectivity index (χ0) is 13.2. The van der Waals surface area contributed by atoms with Crippen LogP contribution in [0, 0.1) is 6.92 Å². The van der Waals surface area contributed by atoms with Gasteiger partial charge in [-0.25, -0.2) is 9.67 Å². The number of amides is 1. The largest absolute Gasteiger partial charge is 0.336 e. The Morgan fingerprint density at radius 1 is 1.53 bits per heavy atom. The number of hydrogen-bond acceptors (Lipinski definition) is 4. The quantitative estimate of drug-likeness (QED) is 0.844. The first-order valence-electron chi connectivity index (χ1n) is 6.43. The molecule has 1 aliphatic heterocycles. The van der Waals surface area contributed by atoms with Gasteiger partial charge in [-0.05, 0) is 36.8 Å². The van der Waals surface area contributed by atoms with Crippen LogP contribution in [0.2, 0.25) is 0 Å². The second-order valence-corrected chi connectivity index (χ2v) is 5.77. The standard InChI is InChI=1S/C13H16N4OS/c1-10-4-6-19-12(10)13(18)16-5-2-3-11(7-16)17-9-14-8-15-17/h4,6,8-9,11H,2-3,5,7H2,1H3/t11-/m0/s1. The lowest BCUT2D eigenvalue weighted by Gasteiger charge is -2.32. The van der Waals surface area contributed by atoms with Crippen LogP contribution in [0.1, 0.15) is 34.1 Å². The fraction of sp³-hybridized carbons (Fsp3) is 0.462. The van der Waals surface area contributed by atoms with Crippen molar-refractivity contribution in [2.45, 2.75) is 25.8 Å². The molecule has 2 aromatic rings. The fourth-order valence-electron chi connectivity index (χ4n) is 2.50. The molecule has 1 atom stereocenters. The summed E-state index contributed by atoms with van der Waals surface area (Å²) in [6.45, 7) is 3.55. The Kier molecular flexibility index (Phi) is 3.33. The molecule has 0 spiro atoms. The number of likely N-dealkylation sites (tertiary alicyclic amines) is 1. The van der Waals surface area contributed by atoms with E-state index in [2.05, 4.69) is 10.1 Å². The van der Waals surface area contributed by atoms with Gasteiger partial charge in [0.2, 0.25) is 0 Å². The smallest absolute Gasteiger partial charge is 0.264 e. The lowest BCUT2D eigenvalue weighted by Crippen LogP contribution is -2.40. The van der Waals surface area contributed by atoms with E-state index >= 15 is 0 Å². The van der Waals surface area contributed by atoms with E-state index in [1.54, 1.807) is 12.7 Å². The minimum Gasteiger partial charge on any atom is -0.336 e. The number of aromatic nitrogens is 3. The van der Waals surface area contributed by atoms with Gasteiger partial charge in [-0.2, -0.15) is 5.10 Å². The van der Waals surface area contributed by atoms with Gasteiger partial charge in [0.1, 0.15) is 12.7 Å².